The van der Waals surface area contributed by atoms with Gasteiger partial charge < -0.3 is 14.8 Å². The lowest BCUT2D eigenvalue weighted by Gasteiger charge is -2.09. The van der Waals surface area contributed by atoms with Crippen molar-refractivity contribution in [3.63, 3.8) is 0 Å². The second kappa shape index (κ2) is 5.91. The molecule has 2 rings (SSSR count). The lowest BCUT2D eigenvalue weighted by atomic mass is 10.2. The Hall–Kier alpha value is -1.23. The number of nitrogens with one attached hydrogen (secondary N) is 1. The molecule has 5 heteroatoms. The molecule has 0 saturated carbocycles. The lowest BCUT2D eigenvalue weighted by Crippen LogP contribution is -2.23. The maximum Gasteiger partial charge on any atom is 0.230 e. The van der Waals surface area contributed by atoms with Crippen molar-refractivity contribution in [2.24, 2.45) is 0 Å². The van der Waals surface area contributed by atoms with Gasteiger partial charge in [-0.2, -0.15) is 0 Å². The molecular weight excluding hydrogens is 286 g/mol. The summed E-state index contributed by atoms with van der Waals surface area (Å²) < 4.78 is 11.1. The number of amides is 1. The molecule has 1 aromatic rings. The van der Waals surface area contributed by atoms with E-state index in [1.54, 1.807) is 0 Å². The number of benzene rings is 1. The first-order valence-electron chi connectivity index (χ1n) is 5.51. The summed E-state index contributed by atoms with van der Waals surface area (Å²) in [7, 11) is 0. The van der Waals surface area contributed by atoms with Crippen LogP contribution in [0.5, 0.6) is 11.5 Å². The molecule has 92 valence electrons. The van der Waals surface area contributed by atoms with E-state index in [1.165, 1.54) is 0 Å². The van der Waals surface area contributed by atoms with E-state index in [-0.39, 0.29) is 5.91 Å². The van der Waals surface area contributed by atoms with Crippen molar-refractivity contribution >= 4 is 21.8 Å². The SMILES string of the molecule is O=C(CBr)NCc1ccc2c(c1)OCCCO2. The number of hydrogen-bond donors (Lipinski definition) is 1. The Kier molecular flexibility index (Phi) is 4.25. The average Bonchev–Trinajstić information content (AvgIpc) is 2.60. The topological polar surface area (TPSA) is 47.6 Å². The first-order valence-corrected chi connectivity index (χ1v) is 6.63. The van der Waals surface area contributed by atoms with Gasteiger partial charge in [-0.1, -0.05) is 22.0 Å². The molecule has 1 amide bonds. The number of fused-ring (bicyclic) bond motifs is 1. The van der Waals surface area contributed by atoms with Gasteiger partial charge in [0.25, 0.3) is 0 Å². The Bertz CT molecular complexity index is 409. The summed E-state index contributed by atoms with van der Waals surface area (Å²) in [5.74, 6) is 1.50. The van der Waals surface area contributed by atoms with Crippen LogP contribution in [0.3, 0.4) is 0 Å². The third kappa shape index (κ3) is 3.36. The molecule has 0 aliphatic carbocycles. The minimum absolute atomic E-state index is 0.0305. The highest BCUT2D eigenvalue weighted by Crippen LogP contribution is 2.30. The van der Waals surface area contributed by atoms with Crippen LogP contribution in [0.4, 0.5) is 0 Å². The van der Waals surface area contributed by atoms with Gasteiger partial charge in [0.15, 0.2) is 11.5 Å². The molecule has 17 heavy (non-hydrogen) atoms. The van der Waals surface area contributed by atoms with Crippen molar-refractivity contribution in [3.05, 3.63) is 23.8 Å². The highest BCUT2D eigenvalue weighted by atomic mass is 79.9. The normalized spacial score (nSPS) is 13.9. The molecule has 0 radical (unpaired) electrons. The van der Waals surface area contributed by atoms with Gasteiger partial charge in [0.2, 0.25) is 5.91 Å². The molecule has 1 aromatic carbocycles. The maximum atomic E-state index is 11.1. The molecular formula is C12H14BrNO3. The molecule has 1 N–H and O–H groups in total. The van der Waals surface area contributed by atoms with Crippen LogP contribution in [0.2, 0.25) is 0 Å². The van der Waals surface area contributed by atoms with Crippen LogP contribution in [0.1, 0.15) is 12.0 Å². The van der Waals surface area contributed by atoms with Crippen LogP contribution >= 0.6 is 15.9 Å². The highest BCUT2D eigenvalue weighted by molar-refractivity contribution is 9.09. The summed E-state index contributed by atoms with van der Waals surface area (Å²) in [4.78, 5) is 11.1. The molecule has 0 aromatic heterocycles. The molecule has 0 bridgehead atoms. The molecule has 4 nitrogen and oxygen atoms in total. The van der Waals surface area contributed by atoms with Crippen molar-refractivity contribution in [2.75, 3.05) is 18.5 Å². The smallest absolute Gasteiger partial charge is 0.230 e. The first-order chi connectivity index (χ1) is 8.29. The summed E-state index contributed by atoms with van der Waals surface area (Å²) in [5.41, 5.74) is 1.00. The fraction of sp³-hybridized carbons (Fsp3) is 0.417. The van der Waals surface area contributed by atoms with Gasteiger partial charge in [-0.05, 0) is 17.7 Å². The van der Waals surface area contributed by atoms with Gasteiger partial charge in [0.05, 0.1) is 18.5 Å². The van der Waals surface area contributed by atoms with Gasteiger partial charge >= 0.3 is 0 Å². The minimum atomic E-state index is -0.0305. The molecule has 0 saturated heterocycles. The zero-order chi connectivity index (χ0) is 12.1. The van der Waals surface area contributed by atoms with Crippen molar-refractivity contribution in [1.82, 2.24) is 5.32 Å². The van der Waals surface area contributed by atoms with E-state index in [9.17, 15) is 4.79 Å². The number of hydrogen-bond acceptors (Lipinski definition) is 3. The van der Waals surface area contributed by atoms with Crippen LogP contribution in [0, 0.1) is 0 Å². The molecule has 0 spiro atoms. The number of rotatable bonds is 3. The number of halogens is 1. The molecule has 0 fully saturated rings. The predicted octanol–water partition coefficient (Wildman–Crippen LogP) is 1.86. The summed E-state index contributed by atoms with van der Waals surface area (Å²) in [6.07, 6.45) is 0.893. The van der Waals surface area contributed by atoms with Gasteiger partial charge in [-0.3, -0.25) is 4.79 Å². The Balaban J connectivity index is 2.04. The Morgan fingerprint density at radius 1 is 1.29 bits per heavy atom. The van der Waals surface area contributed by atoms with Gasteiger partial charge in [-0.25, -0.2) is 0 Å². The third-order valence-electron chi connectivity index (χ3n) is 2.42. The predicted molar refractivity (Wildman–Crippen MR) is 67.7 cm³/mol. The molecule has 0 unspecified atom stereocenters. The number of carbonyl (C=O) groups excluding carboxylic acids is 1. The second-order valence-corrected chi connectivity index (χ2v) is 4.30. The van der Waals surface area contributed by atoms with E-state index in [2.05, 4.69) is 21.2 Å². The van der Waals surface area contributed by atoms with Crippen LogP contribution < -0.4 is 14.8 Å². The summed E-state index contributed by atoms with van der Waals surface area (Å²) in [5, 5.41) is 3.11. The third-order valence-corrected chi connectivity index (χ3v) is 2.93. The summed E-state index contributed by atoms with van der Waals surface area (Å²) in [6.45, 7) is 1.86. The van der Waals surface area contributed by atoms with Gasteiger partial charge in [0.1, 0.15) is 0 Å². The van der Waals surface area contributed by atoms with Crippen LogP contribution in [0.25, 0.3) is 0 Å². The van der Waals surface area contributed by atoms with E-state index in [0.29, 0.717) is 25.1 Å². The molecule has 1 aliphatic rings. The Morgan fingerprint density at radius 3 is 2.82 bits per heavy atom. The summed E-state index contributed by atoms with van der Waals surface area (Å²) in [6, 6.07) is 5.73. The van der Waals surface area contributed by atoms with Crippen molar-refractivity contribution in [1.29, 1.82) is 0 Å². The van der Waals surface area contributed by atoms with Crippen molar-refractivity contribution in [3.8, 4) is 11.5 Å². The fourth-order valence-corrected chi connectivity index (χ4v) is 1.76. The summed E-state index contributed by atoms with van der Waals surface area (Å²) >= 11 is 3.10. The zero-order valence-corrected chi connectivity index (χ0v) is 11.0. The Morgan fingerprint density at radius 2 is 2.06 bits per heavy atom. The molecule has 0 atom stereocenters. The largest absolute Gasteiger partial charge is 0.490 e. The fourth-order valence-electron chi connectivity index (χ4n) is 1.57. The van der Waals surface area contributed by atoms with Gasteiger partial charge in [-0.15, -0.1) is 0 Å². The number of carbonyl (C=O) groups is 1. The van der Waals surface area contributed by atoms with Crippen molar-refractivity contribution in [2.45, 2.75) is 13.0 Å². The van der Waals surface area contributed by atoms with Crippen LogP contribution in [-0.4, -0.2) is 24.5 Å². The van der Waals surface area contributed by atoms with E-state index < -0.39 is 0 Å². The molecule has 1 aliphatic heterocycles. The van der Waals surface area contributed by atoms with E-state index >= 15 is 0 Å². The second-order valence-electron chi connectivity index (χ2n) is 3.74. The first kappa shape index (κ1) is 12.2. The standard InChI is InChI=1S/C12H14BrNO3/c13-7-12(15)14-8-9-2-3-10-11(6-9)17-5-1-4-16-10/h2-3,6H,1,4-5,7-8H2,(H,14,15). The number of ether oxygens (including phenoxy) is 2. The van der Waals surface area contributed by atoms with E-state index in [1.807, 2.05) is 18.2 Å². The van der Waals surface area contributed by atoms with Crippen molar-refractivity contribution < 1.29 is 14.3 Å². The lowest BCUT2D eigenvalue weighted by molar-refractivity contribution is -0.118. The quantitative estimate of drug-likeness (QED) is 0.867. The van der Waals surface area contributed by atoms with Gasteiger partial charge in [0, 0.05) is 13.0 Å². The minimum Gasteiger partial charge on any atom is -0.490 e. The van der Waals surface area contributed by atoms with Crippen LogP contribution in [0.15, 0.2) is 18.2 Å². The highest BCUT2D eigenvalue weighted by Gasteiger charge is 2.10. The van der Waals surface area contributed by atoms with Crippen LogP contribution in [-0.2, 0) is 11.3 Å². The Labute approximate surface area is 108 Å². The average molecular weight is 300 g/mol. The van der Waals surface area contributed by atoms with E-state index in [0.717, 1.165) is 23.5 Å². The monoisotopic (exact) mass is 299 g/mol. The van der Waals surface area contributed by atoms with E-state index in [4.69, 9.17) is 9.47 Å². The maximum absolute atomic E-state index is 11.1. The number of alkyl halides is 1. The molecule has 1 heterocycles. The zero-order valence-electron chi connectivity index (χ0n) is 9.37.